The Morgan fingerprint density at radius 3 is 2.24 bits per heavy atom. The quantitative estimate of drug-likeness (QED) is 0.725. The van der Waals surface area contributed by atoms with Crippen LogP contribution in [-0.2, 0) is 4.79 Å². The minimum atomic E-state index is -0.781. The molecule has 0 unspecified atom stereocenters. The van der Waals surface area contributed by atoms with Crippen molar-refractivity contribution in [1.82, 2.24) is 10.2 Å². The summed E-state index contributed by atoms with van der Waals surface area (Å²) in [6.07, 6.45) is 3.13. The maximum Gasteiger partial charge on any atom is 0.319 e. The van der Waals surface area contributed by atoms with E-state index in [0.717, 1.165) is 32.4 Å². The van der Waals surface area contributed by atoms with E-state index in [1.54, 1.807) is 43.3 Å². The number of amides is 4. The predicted molar refractivity (Wildman–Crippen MR) is 113 cm³/mol. The minimum absolute atomic E-state index is 0.0805. The average molecular weight is 394 g/mol. The smallest absolute Gasteiger partial charge is 0.319 e. The standard InChI is InChI=1S/C22H26N4O3/c1-16(23-22(29)24-17-10-4-2-5-11-17)20(27)25-19-13-7-6-12-18(19)21(28)26-14-8-3-9-15-26/h2,4-7,10-13,16H,3,8-9,14-15H2,1H3,(H,25,27)(H2,23,24,29)/t16-/m1/s1. The molecule has 0 aliphatic carbocycles. The molecule has 0 radical (unpaired) electrons. The zero-order chi connectivity index (χ0) is 20.6. The van der Waals surface area contributed by atoms with Gasteiger partial charge in [0.1, 0.15) is 6.04 Å². The average Bonchev–Trinajstić information content (AvgIpc) is 2.75. The molecule has 1 aliphatic rings. The van der Waals surface area contributed by atoms with Gasteiger partial charge in [0, 0.05) is 18.8 Å². The molecule has 0 saturated carbocycles. The summed E-state index contributed by atoms with van der Waals surface area (Å²) < 4.78 is 0. The molecule has 7 heteroatoms. The molecule has 3 N–H and O–H groups in total. The first-order valence-corrected chi connectivity index (χ1v) is 9.86. The molecule has 4 amide bonds. The van der Waals surface area contributed by atoms with Crippen LogP contribution in [-0.4, -0.2) is 41.9 Å². The van der Waals surface area contributed by atoms with Crippen molar-refractivity contribution in [2.45, 2.75) is 32.2 Å². The number of likely N-dealkylation sites (tertiary alicyclic amines) is 1. The summed E-state index contributed by atoms with van der Waals surface area (Å²) >= 11 is 0. The lowest BCUT2D eigenvalue weighted by molar-refractivity contribution is -0.117. The number of nitrogens with one attached hydrogen (secondary N) is 3. The summed E-state index contributed by atoms with van der Waals surface area (Å²) in [5.74, 6) is -0.477. The zero-order valence-corrected chi connectivity index (χ0v) is 16.5. The highest BCUT2D eigenvalue weighted by atomic mass is 16.2. The number of carbonyl (C=O) groups is 3. The van der Waals surface area contributed by atoms with Gasteiger partial charge in [-0.2, -0.15) is 0 Å². The van der Waals surface area contributed by atoms with Crippen molar-refractivity contribution >= 4 is 29.2 Å². The highest BCUT2D eigenvalue weighted by molar-refractivity contribution is 6.05. The van der Waals surface area contributed by atoms with Crippen LogP contribution < -0.4 is 16.0 Å². The molecule has 2 aromatic rings. The molecule has 7 nitrogen and oxygen atoms in total. The van der Waals surface area contributed by atoms with Crippen LogP contribution in [0.15, 0.2) is 54.6 Å². The highest BCUT2D eigenvalue weighted by Crippen LogP contribution is 2.20. The van der Waals surface area contributed by atoms with Gasteiger partial charge in [0.25, 0.3) is 5.91 Å². The second kappa shape index (κ2) is 9.73. The Balaban J connectivity index is 1.61. The van der Waals surface area contributed by atoms with E-state index < -0.39 is 18.0 Å². The highest BCUT2D eigenvalue weighted by Gasteiger charge is 2.22. The number of carbonyl (C=O) groups excluding carboxylic acids is 3. The fraction of sp³-hybridized carbons (Fsp3) is 0.318. The lowest BCUT2D eigenvalue weighted by Crippen LogP contribution is -2.44. The van der Waals surface area contributed by atoms with Crippen molar-refractivity contribution in [1.29, 1.82) is 0 Å². The van der Waals surface area contributed by atoms with Gasteiger partial charge in [-0.25, -0.2) is 4.79 Å². The summed E-state index contributed by atoms with van der Waals surface area (Å²) in [5.41, 5.74) is 1.55. The van der Waals surface area contributed by atoms with Gasteiger partial charge in [-0.1, -0.05) is 30.3 Å². The summed E-state index contributed by atoms with van der Waals surface area (Å²) in [6.45, 7) is 3.06. The Hall–Kier alpha value is -3.35. The van der Waals surface area contributed by atoms with Gasteiger partial charge in [-0.15, -0.1) is 0 Å². The maximum atomic E-state index is 12.8. The van der Waals surface area contributed by atoms with E-state index >= 15 is 0 Å². The Bertz CT molecular complexity index is 863. The first-order chi connectivity index (χ1) is 14.0. The molecule has 3 rings (SSSR count). The molecular formula is C22H26N4O3. The normalized spacial score (nSPS) is 14.6. The molecular weight excluding hydrogens is 368 g/mol. The summed E-state index contributed by atoms with van der Waals surface area (Å²) in [6, 6.07) is 14.7. The number of hydrogen-bond acceptors (Lipinski definition) is 3. The van der Waals surface area contributed by atoms with Gasteiger partial charge in [0.05, 0.1) is 11.3 Å². The van der Waals surface area contributed by atoms with Gasteiger partial charge >= 0.3 is 6.03 Å². The Kier molecular flexibility index (Phi) is 6.84. The molecule has 2 aromatic carbocycles. The van der Waals surface area contributed by atoms with Crippen molar-refractivity contribution in [3.63, 3.8) is 0 Å². The Morgan fingerprint density at radius 2 is 1.52 bits per heavy atom. The van der Waals surface area contributed by atoms with Crippen molar-refractivity contribution in [3.8, 4) is 0 Å². The van der Waals surface area contributed by atoms with Crippen LogP contribution in [0.25, 0.3) is 0 Å². The third-order valence-corrected chi connectivity index (χ3v) is 4.83. The number of nitrogens with zero attached hydrogens (tertiary/aromatic N) is 1. The van der Waals surface area contributed by atoms with E-state index in [0.29, 0.717) is 16.9 Å². The van der Waals surface area contributed by atoms with Crippen LogP contribution in [0.1, 0.15) is 36.5 Å². The second-order valence-corrected chi connectivity index (χ2v) is 7.07. The SMILES string of the molecule is C[C@@H](NC(=O)Nc1ccccc1)C(=O)Nc1ccccc1C(=O)N1CCCCC1. The molecule has 0 spiro atoms. The molecule has 1 atom stereocenters. The van der Waals surface area contributed by atoms with E-state index in [9.17, 15) is 14.4 Å². The minimum Gasteiger partial charge on any atom is -0.339 e. The monoisotopic (exact) mass is 394 g/mol. The van der Waals surface area contributed by atoms with Crippen LogP contribution in [0.3, 0.4) is 0 Å². The number of hydrogen-bond donors (Lipinski definition) is 3. The number of urea groups is 1. The number of benzene rings is 2. The largest absolute Gasteiger partial charge is 0.339 e. The van der Waals surface area contributed by atoms with E-state index in [1.807, 2.05) is 23.1 Å². The van der Waals surface area contributed by atoms with Crippen LogP contribution in [0, 0.1) is 0 Å². The number of rotatable bonds is 5. The van der Waals surface area contributed by atoms with Crippen molar-refractivity contribution in [2.75, 3.05) is 23.7 Å². The van der Waals surface area contributed by atoms with Gasteiger partial charge in [0.2, 0.25) is 5.91 Å². The van der Waals surface area contributed by atoms with Gasteiger partial charge < -0.3 is 20.9 Å². The van der Waals surface area contributed by atoms with Gasteiger partial charge in [-0.05, 0) is 50.5 Å². The number of piperidine rings is 1. The van der Waals surface area contributed by atoms with Crippen molar-refractivity contribution in [3.05, 3.63) is 60.2 Å². The van der Waals surface area contributed by atoms with E-state index in [4.69, 9.17) is 0 Å². The van der Waals surface area contributed by atoms with E-state index in [-0.39, 0.29) is 5.91 Å². The Labute approximate surface area is 170 Å². The summed E-state index contributed by atoms with van der Waals surface area (Å²) in [7, 11) is 0. The number of para-hydroxylation sites is 2. The third kappa shape index (κ3) is 5.57. The summed E-state index contributed by atoms with van der Waals surface area (Å²) in [4.78, 5) is 39.3. The fourth-order valence-electron chi connectivity index (χ4n) is 3.24. The maximum absolute atomic E-state index is 12.8. The summed E-state index contributed by atoms with van der Waals surface area (Å²) in [5, 5.41) is 8.05. The molecule has 0 aromatic heterocycles. The van der Waals surface area contributed by atoms with E-state index in [2.05, 4.69) is 16.0 Å². The van der Waals surface area contributed by atoms with Gasteiger partial charge in [-0.3, -0.25) is 9.59 Å². The zero-order valence-electron chi connectivity index (χ0n) is 16.5. The van der Waals surface area contributed by atoms with Crippen LogP contribution >= 0.6 is 0 Å². The molecule has 152 valence electrons. The molecule has 1 aliphatic heterocycles. The third-order valence-electron chi connectivity index (χ3n) is 4.83. The van der Waals surface area contributed by atoms with Crippen LogP contribution in [0.5, 0.6) is 0 Å². The lowest BCUT2D eigenvalue weighted by atomic mass is 10.1. The topological polar surface area (TPSA) is 90.5 Å². The van der Waals surface area contributed by atoms with Crippen LogP contribution in [0.2, 0.25) is 0 Å². The second-order valence-electron chi connectivity index (χ2n) is 7.07. The molecule has 1 heterocycles. The molecule has 29 heavy (non-hydrogen) atoms. The van der Waals surface area contributed by atoms with Gasteiger partial charge in [0.15, 0.2) is 0 Å². The van der Waals surface area contributed by atoms with E-state index in [1.165, 1.54) is 0 Å². The van der Waals surface area contributed by atoms with Crippen molar-refractivity contribution < 1.29 is 14.4 Å². The molecule has 1 saturated heterocycles. The van der Waals surface area contributed by atoms with Crippen LogP contribution in [0.4, 0.5) is 16.2 Å². The lowest BCUT2D eigenvalue weighted by Gasteiger charge is -2.27. The van der Waals surface area contributed by atoms with Crippen molar-refractivity contribution in [2.24, 2.45) is 0 Å². The fourth-order valence-corrected chi connectivity index (χ4v) is 3.24. The first kappa shape index (κ1) is 20.4. The number of anilines is 2. The Morgan fingerprint density at radius 1 is 0.862 bits per heavy atom. The predicted octanol–water partition coefficient (Wildman–Crippen LogP) is 3.46. The first-order valence-electron chi connectivity index (χ1n) is 9.86. The molecule has 0 bridgehead atoms. The molecule has 1 fully saturated rings.